The Balaban J connectivity index is 1.52. The Bertz CT molecular complexity index is 1740. The summed E-state index contributed by atoms with van der Waals surface area (Å²) < 4.78 is 163. The Hall–Kier alpha value is -4.73. The summed E-state index contributed by atoms with van der Waals surface area (Å²) in [5.74, 6) is -5.92. The van der Waals surface area contributed by atoms with Crippen LogP contribution in [-0.4, -0.2) is 6.61 Å². The molecule has 0 aromatic heterocycles. The highest BCUT2D eigenvalue weighted by molar-refractivity contribution is 5.66. The maximum absolute atomic E-state index is 14.7. The predicted octanol–water partition coefficient (Wildman–Crippen LogP) is 9.91. The Morgan fingerprint density at radius 1 is 0.622 bits per heavy atom. The number of hydrogen-bond donors (Lipinski definition) is 0. The highest BCUT2D eigenvalue weighted by Gasteiger charge is 2.41. The zero-order valence-corrected chi connectivity index (χ0v) is 22.9. The van der Waals surface area contributed by atoms with E-state index in [2.05, 4.69) is 16.6 Å². The third kappa shape index (κ3) is 7.68. The molecule has 0 spiro atoms. The molecule has 0 saturated carbocycles. The molecule has 45 heavy (non-hydrogen) atoms. The van der Waals surface area contributed by atoms with E-state index in [1.54, 1.807) is 0 Å². The molecule has 0 amide bonds. The van der Waals surface area contributed by atoms with Crippen LogP contribution in [0, 0.1) is 46.7 Å². The van der Waals surface area contributed by atoms with Gasteiger partial charge in [0.15, 0.2) is 0 Å². The molecule has 0 atom stereocenters. The summed E-state index contributed by atoms with van der Waals surface area (Å²) in [7, 11) is 0. The van der Waals surface area contributed by atoms with Crippen molar-refractivity contribution in [2.24, 2.45) is 0 Å². The number of hydrogen-bond acceptors (Lipinski definition) is 2. The fourth-order valence-electron chi connectivity index (χ4n) is 4.07. The van der Waals surface area contributed by atoms with Crippen LogP contribution in [0.4, 0.5) is 48.3 Å². The van der Waals surface area contributed by atoms with Crippen LogP contribution in [0.15, 0.2) is 60.7 Å². The summed E-state index contributed by atoms with van der Waals surface area (Å²) >= 11 is 0. The fraction of sp³-hybridized carbons (Fsp3) is 0.188. The molecular weight excluding hydrogens is 625 g/mol. The molecule has 13 heteroatoms. The van der Waals surface area contributed by atoms with Gasteiger partial charge in [0.05, 0.1) is 12.2 Å². The summed E-state index contributed by atoms with van der Waals surface area (Å²) in [4.78, 5) is 0. The van der Waals surface area contributed by atoms with Crippen LogP contribution in [0.5, 0.6) is 11.5 Å². The van der Waals surface area contributed by atoms with E-state index in [1.165, 1.54) is 0 Å². The molecule has 4 aromatic rings. The van der Waals surface area contributed by atoms with E-state index in [4.69, 9.17) is 4.74 Å². The minimum absolute atomic E-state index is 0.0940. The van der Waals surface area contributed by atoms with Gasteiger partial charge in [-0.15, -0.1) is 0 Å². The molecule has 2 nitrogen and oxygen atoms in total. The Morgan fingerprint density at radius 2 is 1.22 bits per heavy atom. The molecule has 4 aromatic carbocycles. The maximum Gasteiger partial charge on any atom is 0.432 e. The van der Waals surface area contributed by atoms with E-state index in [9.17, 15) is 48.3 Å². The summed E-state index contributed by atoms with van der Waals surface area (Å²) in [6.45, 7) is 1.96. The van der Waals surface area contributed by atoms with Gasteiger partial charge in [0.25, 0.3) is 0 Å². The van der Waals surface area contributed by atoms with Crippen LogP contribution in [0.25, 0.3) is 11.1 Å². The van der Waals surface area contributed by atoms with Crippen molar-refractivity contribution in [3.8, 4) is 34.5 Å². The van der Waals surface area contributed by atoms with Crippen LogP contribution in [0.3, 0.4) is 0 Å². The largest absolute Gasteiger partial charge is 0.493 e. The molecule has 0 saturated heterocycles. The predicted molar refractivity (Wildman–Crippen MR) is 140 cm³/mol. The van der Waals surface area contributed by atoms with Crippen molar-refractivity contribution >= 4 is 0 Å². The van der Waals surface area contributed by atoms with Crippen molar-refractivity contribution in [1.82, 2.24) is 0 Å². The number of benzene rings is 4. The summed E-state index contributed by atoms with van der Waals surface area (Å²) in [5, 5.41) is 0. The van der Waals surface area contributed by atoms with Crippen LogP contribution in [0.1, 0.15) is 42.0 Å². The van der Waals surface area contributed by atoms with Gasteiger partial charge in [0.1, 0.15) is 57.5 Å². The van der Waals surface area contributed by atoms with Crippen molar-refractivity contribution in [3.63, 3.8) is 0 Å². The topological polar surface area (TPSA) is 18.5 Å². The van der Waals surface area contributed by atoms with Crippen molar-refractivity contribution in [2.45, 2.75) is 32.1 Å². The summed E-state index contributed by atoms with van der Waals surface area (Å²) in [6, 6.07) is 6.90. The van der Waals surface area contributed by atoms with Gasteiger partial charge in [-0.2, -0.15) is 22.0 Å². The molecule has 0 aliphatic rings. The third-order valence-electron chi connectivity index (χ3n) is 6.21. The first-order chi connectivity index (χ1) is 21.1. The van der Waals surface area contributed by atoms with Gasteiger partial charge in [-0.25, -0.2) is 26.3 Å². The van der Waals surface area contributed by atoms with Crippen LogP contribution >= 0.6 is 0 Å². The second-order valence-electron chi connectivity index (χ2n) is 9.48. The smallest absolute Gasteiger partial charge is 0.432 e. The third-order valence-corrected chi connectivity index (χ3v) is 6.21. The average molecular weight is 644 g/mol. The Kier molecular flexibility index (Phi) is 9.65. The van der Waals surface area contributed by atoms with Crippen molar-refractivity contribution in [2.75, 3.05) is 6.61 Å². The molecule has 0 fully saturated rings. The zero-order valence-electron chi connectivity index (χ0n) is 22.9. The average Bonchev–Trinajstić information content (AvgIpc) is 2.91. The number of unbranched alkanes of at least 4 members (excludes halogenated alkanes) is 1. The van der Waals surface area contributed by atoms with Gasteiger partial charge >= 0.3 is 12.3 Å². The molecule has 0 radical (unpaired) electrons. The first-order valence-corrected chi connectivity index (χ1v) is 13.0. The first-order valence-electron chi connectivity index (χ1n) is 13.0. The quantitative estimate of drug-likeness (QED) is 0.108. The Morgan fingerprint density at radius 3 is 1.78 bits per heavy atom. The van der Waals surface area contributed by atoms with Gasteiger partial charge < -0.3 is 9.47 Å². The Labute approximate surface area is 249 Å². The standard InChI is InChI=1S/C32H19F11O2/c1-2-3-10-44-21-15-27(37)30(28(38)16-21)32(42,43)45-20-8-7-18(23(33)14-20)6-4-17-5-9-22(24(34)11-17)19-12-25(35)29(26(36)13-19)31(39,40)41/h5,7-9,11-16H,2-3,10H2,1H3. The molecule has 4 rings (SSSR count). The second-order valence-corrected chi connectivity index (χ2v) is 9.48. The molecular formula is C32H19F11O2. The molecule has 0 N–H and O–H groups in total. The van der Waals surface area contributed by atoms with Crippen LogP contribution in [0.2, 0.25) is 0 Å². The normalized spacial score (nSPS) is 11.6. The van der Waals surface area contributed by atoms with Crippen molar-refractivity contribution in [1.29, 1.82) is 0 Å². The van der Waals surface area contributed by atoms with Gasteiger partial charge in [-0.1, -0.05) is 31.3 Å². The first kappa shape index (κ1) is 33.2. The number of halogens is 11. The second kappa shape index (κ2) is 13.1. The van der Waals surface area contributed by atoms with Crippen LogP contribution in [-0.2, 0) is 12.3 Å². The molecule has 0 aliphatic carbocycles. The van der Waals surface area contributed by atoms with E-state index < -0.39 is 75.2 Å². The molecule has 0 heterocycles. The fourth-order valence-corrected chi connectivity index (χ4v) is 4.07. The molecule has 0 unspecified atom stereocenters. The van der Waals surface area contributed by atoms with E-state index in [-0.39, 0.29) is 23.5 Å². The number of rotatable bonds is 8. The highest BCUT2D eigenvalue weighted by atomic mass is 19.4. The minimum Gasteiger partial charge on any atom is -0.493 e. The highest BCUT2D eigenvalue weighted by Crippen LogP contribution is 2.38. The van der Waals surface area contributed by atoms with E-state index in [0.717, 1.165) is 36.8 Å². The lowest BCUT2D eigenvalue weighted by atomic mass is 10.0. The zero-order chi connectivity index (χ0) is 33.1. The van der Waals surface area contributed by atoms with Gasteiger partial charge in [-0.05, 0) is 48.4 Å². The lowest BCUT2D eigenvalue weighted by molar-refractivity contribution is -0.189. The summed E-state index contributed by atoms with van der Waals surface area (Å²) in [5.41, 5.74) is -5.30. The SMILES string of the molecule is CCCCOc1cc(F)c(C(F)(F)Oc2ccc(C#Cc3ccc(-c4cc(F)c(C(F)(F)F)c(F)c4)c(F)c3)c(F)c2)c(F)c1. The lowest BCUT2D eigenvalue weighted by Gasteiger charge is -2.20. The van der Waals surface area contributed by atoms with Gasteiger partial charge in [-0.3, -0.25) is 0 Å². The van der Waals surface area contributed by atoms with E-state index in [1.807, 2.05) is 6.92 Å². The van der Waals surface area contributed by atoms with Gasteiger partial charge in [0.2, 0.25) is 0 Å². The van der Waals surface area contributed by atoms with E-state index >= 15 is 0 Å². The molecule has 0 bridgehead atoms. The lowest BCUT2D eigenvalue weighted by Crippen LogP contribution is -2.25. The number of ether oxygens (including phenoxy) is 2. The molecule has 0 aliphatic heterocycles. The number of alkyl halides is 5. The molecule has 236 valence electrons. The maximum atomic E-state index is 14.7. The minimum atomic E-state index is -5.31. The van der Waals surface area contributed by atoms with Crippen molar-refractivity contribution in [3.05, 3.63) is 118 Å². The monoisotopic (exact) mass is 644 g/mol. The van der Waals surface area contributed by atoms with Gasteiger partial charge in [0, 0.05) is 29.3 Å². The van der Waals surface area contributed by atoms with Crippen molar-refractivity contribution < 1.29 is 57.8 Å². The van der Waals surface area contributed by atoms with E-state index in [0.29, 0.717) is 36.8 Å². The summed E-state index contributed by atoms with van der Waals surface area (Å²) in [6.07, 6.45) is -8.58. The van der Waals surface area contributed by atoms with Crippen LogP contribution < -0.4 is 9.47 Å².